The van der Waals surface area contributed by atoms with Crippen LogP contribution < -0.4 is 0 Å². The Labute approximate surface area is 233 Å². The van der Waals surface area contributed by atoms with E-state index in [1.54, 1.807) is 12.1 Å². The van der Waals surface area contributed by atoms with Gasteiger partial charge in [0.25, 0.3) is 11.1 Å². The predicted molar refractivity (Wildman–Crippen MR) is 151 cm³/mol. The van der Waals surface area contributed by atoms with Gasteiger partial charge in [0, 0.05) is 48.2 Å². The quantitative estimate of drug-likeness (QED) is 0.203. The number of nitrogens with zero attached hydrogens (tertiary/aromatic N) is 2. The third-order valence-corrected chi connectivity index (χ3v) is 8.16. The highest BCUT2D eigenvalue weighted by molar-refractivity contribution is 9.10. The van der Waals surface area contributed by atoms with Crippen molar-refractivity contribution in [1.29, 1.82) is 0 Å². The van der Waals surface area contributed by atoms with Crippen LogP contribution in [-0.2, 0) is 17.9 Å². The van der Waals surface area contributed by atoms with E-state index in [-0.39, 0.29) is 17.7 Å². The van der Waals surface area contributed by atoms with Crippen LogP contribution in [0.5, 0.6) is 0 Å². The first-order valence-electron chi connectivity index (χ1n) is 10.5. The van der Waals surface area contributed by atoms with E-state index in [1.165, 1.54) is 4.90 Å². The van der Waals surface area contributed by atoms with Crippen molar-refractivity contribution in [3.63, 3.8) is 0 Å². The second kappa shape index (κ2) is 10.1. The molecule has 0 saturated carbocycles. The van der Waals surface area contributed by atoms with Crippen molar-refractivity contribution in [1.82, 2.24) is 9.47 Å². The van der Waals surface area contributed by atoms with Crippen LogP contribution in [0.1, 0.15) is 16.7 Å². The Morgan fingerprint density at radius 1 is 0.886 bits per heavy atom. The number of hydrogen-bond donors (Lipinski definition) is 0. The second-order valence-corrected chi connectivity index (χ2v) is 11.7. The van der Waals surface area contributed by atoms with Crippen LogP contribution in [0.4, 0.5) is 4.79 Å². The summed E-state index contributed by atoms with van der Waals surface area (Å²) < 4.78 is 3.94. The minimum absolute atomic E-state index is 0.234. The summed E-state index contributed by atoms with van der Waals surface area (Å²) in [5.41, 5.74) is 3.65. The average Bonchev–Trinajstić information content (AvgIpc) is 3.28. The first kappa shape index (κ1) is 24.7. The molecule has 4 aromatic rings. The monoisotopic (exact) mass is 648 g/mol. The Kier molecular flexibility index (Phi) is 7.15. The van der Waals surface area contributed by atoms with E-state index in [0.717, 1.165) is 48.3 Å². The Morgan fingerprint density at radius 2 is 1.63 bits per heavy atom. The van der Waals surface area contributed by atoms with Gasteiger partial charge in [-0.3, -0.25) is 14.5 Å². The third-order valence-electron chi connectivity index (χ3n) is 5.64. The van der Waals surface area contributed by atoms with E-state index >= 15 is 0 Å². The lowest BCUT2D eigenvalue weighted by molar-refractivity contribution is -0.123. The molecule has 1 aromatic heterocycles. The molecule has 3 aromatic carbocycles. The Balaban J connectivity index is 1.49. The first-order valence-corrected chi connectivity index (χ1v) is 13.7. The molecule has 9 heteroatoms. The number of hydrogen-bond acceptors (Lipinski definition) is 3. The number of imide groups is 1. The van der Waals surface area contributed by atoms with Gasteiger partial charge in [-0.1, -0.05) is 73.3 Å². The topological polar surface area (TPSA) is 42.3 Å². The number of thioether (sulfide) groups is 1. The molecule has 1 aliphatic heterocycles. The fraction of sp³-hybridized carbons (Fsp3) is 0.0769. The number of aromatic nitrogens is 1. The van der Waals surface area contributed by atoms with Crippen LogP contribution in [-0.4, -0.2) is 20.6 Å². The number of halogens is 4. The summed E-state index contributed by atoms with van der Waals surface area (Å²) in [6, 6.07) is 19.0. The zero-order valence-corrected chi connectivity index (χ0v) is 23.5. The molecule has 0 bridgehead atoms. The average molecular weight is 651 g/mol. The minimum atomic E-state index is -0.292. The predicted octanol–water partition coefficient (Wildman–Crippen LogP) is 8.76. The maximum absolute atomic E-state index is 13.1. The molecule has 5 rings (SSSR count). The van der Waals surface area contributed by atoms with E-state index in [2.05, 4.69) is 36.4 Å². The van der Waals surface area contributed by atoms with Gasteiger partial charge >= 0.3 is 0 Å². The smallest absolute Gasteiger partial charge is 0.293 e. The zero-order chi connectivity index (χ0) is 24.7. The van der Waals surface area contributed by atoms with Crippen LogP contribution in [0.2, 0.25) is 10.0 Å². The highest BCUT2D eigenvalue weighted by atomic mass is 79.9. The van der Waals surface area contributed by atoms with Crippen molar-refractivity contribution in [2.75, 3.05) is 0 Å². The molecular formula is C26H16Br2Cl2N2O2S. The fourth-order valence-electron chi connectivity index (χ4n) is 3.93. The molecule has 1 fully saturated rings. The van der Waals surface area contributed by atoms with E-state index < -0.39 is 0 Å². The van der Waals surface area contributed by atoms with E-state index in [0.29, 0.717) is 21.5 Å². The maximum Gasteiger partial charge on any atom is 0.293 e. The van der Waals surface area contributed by atoms with Gasteiger partial charge < -0.3 is 4.57 Å². The van der Waals surface area contributed by atoms with Gasteiger partial charge in [-0.15, -0.1) is 0 Å². The Hall–Kier alpha value is -2.03. The molecule has 1 aliphatic rings. The van der Waals surface area contributed by atoms with Gasteiger partial charge in [0.2, 0.25) is 0 Å². The van der Waals surface area contributed by atoms with E-state index in [9.17, 15) is 9.59 Å². The van der Waals surface area contributed by atoms with Gasteiger partial charge in [-0.05, 0) is 71.4 Å². The summed E-state index contributed by atoms with van der Waals surface area (Å²) in [6.45, 7) is 0.769. The standard InChI is InChI=1S/C26H16Br2Cl2N2O2S/c27-18-4-1-15(2-5-18)12-32-25(33)24(35-26(32)34)9-17-14-31(23-8-6-19(28)10-21(17)23)13-16-3-7-20(29)11-22(16)30/h1-11,14H,12-13H2/b24-9-. The normalized spacial score (nSPS) is 15.1. The number of amides is 2. The molecule has 35 heavy (non-hydrogen) atoms. The van der Waals surface area contributed by atoms with E-state index in [1.807, 2.05) is 60.8 Å². The van der Waals surface area contributed by atoms with Crippen molar-refractivity contribution >= 4 is 94.9 Å². The zero-order valence-electron chi connectivity index (χ0n) is 18.0. The number of carbonyl (C=O) groups is 2. The molecule has 0 spiro atoms. The van der Waals surface area contributed by atoms with Crippen LogP contribution >= 0.6 is 66.8 Å². The summed E-state index contributed by atoms with van der Waals surface area (Å²) in [5, 5.41) is 1.86. The lowest BCUT2D eigenvalue weighted by atomic mass is 10.1. The van der Waals surface area contributed by atoms with Crippen molar-refractivity contribution in [2.24, 2.45) is 0 Å². The molecule has 0 aliphatic carbocycles. The van der Waals surface area contributed by atoms with Crippen LogP contribution in [0.15, 0.2) is 80.7 Å². The van der Waals surface area contributed by atoms with Crippen molar-refractivity contribution in [3.05, 3.63) is 107 Å². The van der Waals surface area contributed by atoms with Crippen molar-refractivity contribution in [2.45, 2.75) is 13.1 Å². The molecule has 2 amide bonds. The summed E-state index contributed by atoms with van der Waals surface area (Å²) in [6.07, 6.45) is 3.77. The van der Waals surface area contributed by atoms with Gasteiger partial charge in [-0.2, -0.15) is 0 Å². The van der Waals surface area contributed by atoms with E-state index in [4.69, 9.17) is 23.2 Å². The summed E-state index contributed by atoms with van der Waals surface area (Å²) >= 11 is 20.4. The van der Waals surface area contributed by atoms with Crippen molar-refractivity contribution < 1.29 is 9.59 Å². The van der Waals surface area contributed by atoms with Crippen molar-refractivity contribution in [3.8, 4) is 0 Å². The van der Waals surface area contributed by atoms with Gasteiger partial charge in [0.15, 0.2) is 0 Å². The highest BCUT2D eigenvalue weighted by Gasteiger charge is 2.35. The number of fused-ring (bicyclic) bond motifs is 1. The molecule has 0 unspecified atom stereocenters. The molecule has 176 valence electrons. The lowest BCUT2D eigenvalue weighted by Gasteiger charge is -2.12. The molecule has 4 nitrogen and oxygen atoms in total. The van der Waals surface area contributed by atoms with Crippen LogP contribution in [0.25, 0.3) is 17.0 Å². The summed E-state index contributed by atoms with van der Waals surface area (Å²) in [5.74, 6) is -0.292. The molecule has 0 N–H and O–H groups in total. The minimum Gasteiger partial charge on any atom is -0.342 e. The first-order chi connectivity index (χ1) is 16.8. The third kappa shape index (κ3) is 5.25. The molecule has 0 radical (unpaired) electrons. The Morgan fingerprint density at radius 3 is 2.37 bits per heavy atom. The van der Waals surface area contributed by atoms with Gasteiger partial charge in [-0.25, -0.2) is 0 Å². The Bertz CT molecular complexity index is 1520. The lowest BCUT2D eigenvalue weighted by Crippen LogP contribution is -2.27. The summed E-state index contributed by atoms with van der Waals surface area (Å²) in [4.78, 5) is 27.5. The van der Waals surface area contributed by atoms with Crippen LogP contribution in [0, 0.1) is 0 Å². The SMILES string of the molecule is O=C1S/C(=C\c2cn(Cc3ccc(Cl)cc3Cl)c3ccc(Br)cc23)C(=O)N1Cc1ccc(Br)cc1. The van der Waals surface area contributed by atoms with Gasteiger partial charge in [0.05, 0.1) is 11.4 Å². The highest BCUT2D eigenvalue weighted by Crippen LogP contribution is 2.36. The molecule has 1 saturated heterocycles. The van der Waals surface area contributed by atoms with Crippen LogP contribution in [0.3, 0.4) is 0 Å². The largest absolute Gasteiger partial charge is 0.342 e. The second-order valence-electron chi connectivity index (χ2n) is 8.00. The number of benzene rings is 3. The molecule has 2 heterocycles. The molecular weight excluding hydrogens is 635 g/mol. The summed E-state index contributed by atoms with van der Waals surface area (Å²) in [7, 11) is 0. The number of rotatable bonds is 5. The van der Waals surface area contributed by atoms with Gasteiger partial charge in [0.1, 0.15) is 0 Å². The fourth-order valence-corrected chi connectivity index (χ4v) is 5.85. The number of carbonyl (C=O) groups excluding carboxylic acids is 2. The maximum atomic E-state index is 13.1. The molecule has 0 atom stereocenters.